The SMILES string of the molecule is NC1(CN2CC3CCC2C3)CCOCC1. The third-order valence-electron chi connectivity index (χ3n) is 4.53. The van der Waals surface area contributed by atoms with E-state index in [0.29, 0.717) is 0 Å². The second kappa shape index (κ2) is 3.72. The molecule has 3 nitrogen and oxygen atoms in total. The number of nitrogens with zero attached hydrogens (tertiary/aromatic N) is 1. The first kappa shape index (κ1) is 10.1. The summed E-state index contributed by atoms with van der Waals surface area (Å²) < 4.78 is 5.39. The maximum absolute atomic E-state index is 6.45. The predicted octanol–water partition coefficient (Wildman–Crippen LogP) is 0.979. The summed E-state index contributed by atoms with van der Waals surface area (Å²) in [5.74, 6) is 0.985. The van der Waals surface area contributed by atoms with Crippen LogP contribution in [-0.4, -0.2) is 42.8 Å². The monoisotopic (exact) mass is 210 g/mol. The molecule has 2 saturated heterocycles. The Bertz CT molecular complexity index is 238. The van der Waals surface area contributed by atoms with Gasteiger partial charge in [-0.05, 0) is 38.0 Å². The van der Waals surface area contributed by atoms with Gasteiger partial charge < -0.3 is 10.5 Å². The van der Waals surface area contributed by atoms with E-state index in [-0.39, 0.29) is 5.54 Å². The quantitative estimate of drug-likeness (QED) is 0.738. The molecule has 0 aromatic heterocycles. The third kappa shape index (κ3) is 1.93. The van der Waals surface area contributed by atoms with Crippen molar-refractivity contribution in [3.63, 3.8) is 0 Å². The first-order valence-electron chi connectivity index (χ1n) is 6.36. The highest BCUT2D eigenvalue weighted by atomic mass is 16.5. The van der Waals surface area contributed by atoms with Crippen molar-refractivity contribution >= 4 is 0 Å². The number of nitrogens with two attached hydrogens (primary N) is 1. The van der Waals surface area contributed by atoms with Gasteiger partial charge in [0, 0.05) is 37.9 Å². The molecule has 86 valence electrons. The van der Waals surface area contributed by atoms with Gasteiger partial charge in [-0.1, -0.05) is 0 Å². The molecule has 0 aromatic rings. The molecule has 2 heterocycles. The number of fused-ring (bicyclic) bond motifs is 2. The molecule has 3 aliphatic rings. The Morgan fingerprint density at radius 3 is 2.67 bits per heavy atom. The van der Waals surface area contributed by atoms with E-state index >= 15 is 0 Å². The highest BCUT2D eigenvalue weighted by Gasteiger charge is 2.41. The van der Waals surface area contributed by atoms with Crippen molar-refractivity contribution in [2.24, 2.45) is 11.7 Å². The van der Waals surface area contributed by atoms with Gasteiger partial charge in [-0.3, -0.25) is 4.90 Å². The highest BCUT2D eigenvalue weighted by Crippen LogP contribution is 2.38. The largest absolute Gasteiger partial charge is 0.381 e. The smallest absolute Gasteiger partial charge is 0.0484 e. The van der Waals surface area contributed by atoms with Crippen molar-refractivity contribution in [1.29, 1.82) is 0 Å². The molecule has 15 heavy (non-hydrogen) atoms. The van der Waals surface area contributed by atoms with Crippen molar-refractivity contribution in [3.05, 3.63) is 0 Å². The van der Waals surface area contributed by atoms with Crippen molar-refractivity contribution in [2.75, 3.05) is 26.3 Å². The standard InChI is InChI=1S/C12H22N2O/c13-12(3-5-15-6-4-12)9-14-8-10-1-2-11(14)7-10/h10-11H,1-9,13H2. The Balaban J connectivity index is 1.60. The van der Waals surface area contributed by atoms with E-state index in [4.69, 9.17) is 10.5 Å². The Morgan fingerprint density at radius 2 is 2.07 bits per heavy atom. The van der Waals surface area contributed by atoms with Gasteiger partial charge in [0.2, 0.25) is 0 Å². The van der Waals surface area contributed by atoms with Crippen molar-refractivity contribution < 1.29 is 4.74 Å². The average molecular weight is 210 g/mol. The van der Waals surface area contributed by atoms with E-state index < -0.39 is 0 Å². The number of piperidine rings is 1. The number of hydrogen-bond acceptors (Lipinski definition) is 3. The van der Waals surface area contributed by atoms with Crippen LogP contribution in [0.15, 0.2) is 0 Å². The first-order chi connectivity index (χ1) is 7.25. The van der Waals surface area contributed by atoms with Crippen LogP contribution in [0.3, 0.4) is 0 Å². The topological polar surface area (TPSA) is 38.5 Å². The van der Waals surface area contributed by atoms with E-state index in [1.807, 2.05) is 0 Å². The first-order valence-corrected chi connectivity index (χ1v) is 6.36. The molecular formula is C12H22N2O. The Labute approximate surface area is 91.9 Å². The van der Waals surface area contributed by atoms with Crippen LogP contribution in [0.25, 0.3) is 0 Å². The molecule has 3 rings (SSSR count). The minimum atomic E-state index is 0.0444. The fourth-order valence-electron chi connectivity index (χ4n) is 3.56. The lowest BCUT2D eigenvalue weighted by atomic mass is 9.90. The Hall–Kier alpha value is -0.120. The summed E-state index contributed by atoms with van der Waals surface area (Å²) in [5.41, 5.74) is 6.49. The van der Waals surface area contributed by atoms with Crippen LogP contribution in [0.5, 0.6) is 0 Å². The number of likely N-dealkylation sites (tertiary alicyclic amines) is 1. The molecule has 1 aliphatic carbocycles. The summed E-state index contributed by atoms with van der Waals surface area (Å²) in [7, 11) is 0. The van der Waals surface area contributed by atoms with Crippen molar-refractivity contribution in [2.45, 2.75) is 43.7 Å². The average Bonchev–Trinajstić information content (AvgIpc) is 2.79. The molecule has 1 saturated carbocycles. The zero-order chi connectivity index (χ0) is 10.3. The van der Waals surface area contributed by atoms with Crippen molar-refractivity contribution in [3.8, 4) is 0 Å². The van der Waals surface area contributed by atoms with Gasteiger partial charge in [0.25, 0.3) is 0 Å². The molecule has 0 amide bonds. The van der Waals surface area contributed by atoms with E-state index in [0.717, 1.165) is 44.6 Å². The summed E-state index contributed by atoms with van der Waals surface area (Å²) in [6.45, 7) is 4.14. The molecule has 2 unspecified atom stereocenters. The minimum absolute atomic E-state index is 0.0444. The molecule has 0 aromatic carbocycles. The fourth-order valence-corrected chi connectivity index (χ4v) is 3.56. The minimum Gasteiger partial charge on any atom is -0.381 e. The van der Waals surface area contributed by atoms with Gasteiger partial charge in [-0.25, -0.2) is 0 Å². The molecular weight excluding hydrogens is 188 g/mol. The lowest BCUT2D eigenvalue weighted by Gasteiger charge is -2.39. The van der Waals surface area contributed by atoms with Crippen LogP contribution < -0.4 is 5.73 Å². The lowest BCUT2D eigenvalue weighted by Crippen LogP contribution is -2.54. The maximum atomic E-state index is 6.45. The summed E-state index contributed by atoms with van der Waals surface area (Å²) >= 11 is 0. The van der Waals surface area contributed by atoms with E-state index in [1.165, 1.54) is 25.8 Å². The summed E-state index contributed by atoms with van der Waals surface area (Å²) in [6.07, 6.45) is 6.40. The van der Waals surface area contributed by atoms with Gasteiger partial charge in [-0.2, -0.15) is 0 Å². The van der Waals surface area contributed by atoms with E-state index in [1.54, 1.807) is 0 Å². The van der Waals surface area contributed by atoms with Crippen molar-refractivity contribution in [1.82, 2.24) is 4.90 Å². The van der Waals surface area contributed by atoms with Crippen LogP contribution in [0.1, 0.15) is 32.1 Å². The highest BCUT2D eigenvalue weighted by molar-refractivity contribution is 4.98. The van der Waals surface area contributed by atoms with E-state index in [9.17, 15) is 0 Å². The number of ether oxygens (including phenoxy) is 1. The van der Waals surface area contributed by atoms with Crippen LogP contribution in [0.2, 0.25) is 0 Å². The maximum Gasteiger partial charge on any atom is 0.0484 e. The second-order valence-electron chi connectivity index (χ2n) is 5.74. The molecule has 2 bridgehead atoms. The summed E-state index contributed by atoms with van der Waals surface area (Å²) in [6, 6.07) is 0.860. The zero-order valence-corrected chi connectivity index (χ0v) is 9.45. The van der Waals surface area contributed by atoms with Gasteiger partial charge in [0.05, 0.1) is 0 Å². The Kier molecular flexibility index (Phi) is 2.49. The molecule has 0 spiro atoms. The molecule has 3 heteroatoms. The molecule has 2 aliphatic heterocycles. The molecule has 2 atom stereocenters. The summed E-state index contributed by atoms with van der Waals surface area (Å²) in [5, 5.41) is 0. The third-order valence-corrected chi connectivity index (χ3v) is 4.53. The zero-order valence-electron chi connectivity index (χ0n) is 9.45. The van der Waals surface area contributed by atoms with E-state index in [2.05, 4.69) is 4.90 Å². The van der Waals surface area contributed by atoms with Gasteiger partial charge in [0.15, 0.2) is 0 Å². The second-order valence-corrected chi connectivity index (χ2v) is 5.74. The van der Waals surface area contributed by atoms with Crippen LogP contribution in [0.4, 0.5) is 0 Å². The molecule has 3 fully saturated rings. The van der Waals surface area contributed by atoms with Crippen LogP contribution in [-0.2, 0) is 4.74 Å². The molecule has 0 radical (unpaired) electrons. The van der Waals surface area contributed by atoms with Crippen LogP contribution >= 0.6 is 0 Å². The predicted molar refractivity (Wildman–Crippen MR) is 59.7 cm³/mol. The van der Waals surface area contributed by atoms with Crippen LogP contribution in [0, 0.1) is 5.92 Å². The molecule has 2 N–H and O–H groups in total. The number of hydrogen-bond donors (Lipinski definition) is 1. The fraction of sp³-hybridized carbons (Fsp3) is 1.00. The van der Waals surface area contributed by atoms with Gasteiger partial charge >= 0.3 is 0 Å². The van der Waals surface area contributed by atoms with Gasteiger partial charge in [0.1, 0.15) is 0 Å². The normalized spacial score (nSPS) is 39.8. The Morgan fingerprint density at radius 1 is 1.27 bits per heavy atom. The summed E-state index contributed by atoms with van der Waals surface area (Å²) in [4.78, 5) is 2.65. The lowest BCUT2D eigenvalue weighted by molar-refractivity contribution is 0.0328. The van der Waals surface area contributed by atoms with Gasteiger partial charge in [-0.15, -0.1) is 0 Å². The number of rotatable bonds is 2.